The van der Waals surface area contributed by atoms with Crippen molar-refractivity contribution in [2.75, 3.05) is 6.54 Å². The van der Waals surface area contributed by atoms with E-state index in [2.05, 4.69) is 17.3 Å². The standard InChI is InChI=1S/C9H12N2O/c1-3-6-11-9(12)5-4-8(2)7-10/h1,8H,4-6H2,2H3,(H,11,12). The van der Waals surface area contributed by atoms with Crippen molar-refractivity contribution in [2.24, 2.45) is 5.92 Å². The molecule has 64 valence electrons. The Bertz CT molecular complexity index is 222. The summed E-state index contributed by atoms with van der Waals surface area (Å²) in [6.07, 6.45) is 5.90. The highest BCUT2D eigenvalue weighted by Crippen LogP contribution is 2.02. The van der Waals surface area contributed by atoms with E-state index in [0.29, 0.717) is 12.8 Å². The number of nitrogens with one attached hydrogen (secondary N) is 1. The number of nitrogens with zero attached hydrogens (tertiary/aromatic N) is 1. The first-order valence-electron chi connectivity index (χ1n) is 3.80. The Hall–Kier alpha value is -1.48. The number of carbonyl (C=O) groups excluding carboxylic acids is 1. The van der Waals surface area contributed by atoms with Crippen LogP contribution in [0, 0.1) is 29.6 Å². The molecule has 0 rings (SSSR count). The van der Waals surface area contributed by atoms with Crippen LogP contribution in [0.2, 0.25) is 0 Å². The summed E-state index contributed by atoms with van der Waals surface area (Å²) in [5, 5.41) is 10.9. The average molecular weight is 164 g/mol. The molecule has 0 heterocycles. The highest BCUT2D eigenvalue weighted by Gasteiger charge is 2.03. The third-order valence-electron chi connectivity index (χ3n) is 1.41. The van der Waals surface area contributed by atoms with Crippen LogP contribution in [0.1, 0.15) is 19.8 Å². The van der Waals surface area contributed by atoms with Gasteiger partial charge in [0.15, 0.2) is 0 Å². The van der Waals surface area contributed by atoms with E-state index in [1.165, 1.54) is 0 Å². The molecule has 0 aromatic heterocycles. The number of carbonyl (C=O) groups is 1. The molecule has 1 atom stereocenters. The van der Waals surface area contributed by atoms with Crippen molar-refractivity contribution in [1.82, 2.24) is 5.32 Å². The summed E-state index contributed by atoms with van der Waals surface area (Å²) in [6, 6.07) is 2.06. The second-order valence-electron chi connectivity index (χ2n) is 2.55. The first kappa shape index (κ1) is 10.5. The Morgan fingerprint density at radius 3 is 2.92 bits per heavy atom. The second-order valence-corrected chi connectivity index (χ2v) is 2.55. The molecule has 0 aliphatic rings. The monoisotopic (exact) mass is 164 g/mol. The molecule has 0 fully saturated rings. The fourth-order valence-corrected chi connectivity index (χ4v) is 0.650. The minimum Gasteiger partial charge on any atom is -0.345 e. The van der Waals surface area contributed by atoms with E-state index in [9.17, 15) is 4.79 Å². The van der Waals surface area contributed by atoms with E-state index in [4.69, 9.17) is 11.7 Å². The van der Waals surface area contributed by atoms with Gasteiger partial charge in [-0.3, -0.25) is 4.79 Å². The highest BCUT2D eigenvalue weighted by atomic mass is 16.1. The van der Waals surface area contributed by atoms with Gasteiger partial charge in [0.25, 0.3) is 0 Å². The lowest BCUT2D eigenvalue weighted by atomic mass is 10.1. The zero-order valence-electron chi connectivity index (χ0n) is 7.13. The Morgan fingerprint density at radius 2 is 2.42 bits per heavy atom. The van der Waals surface area contributed by atoms with Crippen LogP contribution in [0.4, 0.5) is 0 Å². The zero-order chi connectivity index (χ0) is 9.40. The Kier molecular flexibility index (Phi) is 5.47. The lowest BCUT2D eigenvalue weighted by Gasteiger charge is -2.01. The fourth-order valence-electron chi connectivity index (χ4n) is 0.650. The Labute approximate surface area is 72.8 Å². The molecule has 0 spiro atoms. The maximum atomic E-state index is 10.9. The van der Waals surface area contributed by atoms with E-state index in [1.807, 2.05) is 0 Å². The summed E-state index contributed by atoms with van der Waals surface area (Å²) in [7, 11) is 0. The Balaban J connectivity index is 3.47. The molecule has 0 bridgehead atoms. The largest absolute Gasteiger partial charge is 0.345 e. The van der Waals surface area contributed by atoms with Gasteiger partial charge >= 0.3 is 0 Å². The number of hydrogen-bond donors (Lipinski definition) is 1. The van der Waals surface area contributed by atoms with Crippen molar-refractivity contribution in [3.63, 3.8) is 0 Å². The van der Waals surface area contributed by atoms with Gasteiger partial charge in [-0.1, -0.05) is 5.92 Å². The predicted molar refractivity (Wildman–Crippen MR) is 45.9 cm³/mol. The molecule has 0 aromatic rings. The van der Waals surface area contributed by atoms with Crippen molar-refractivity contribution in [3.05, 3.63) is 0 Å². The van der Waals surface area contributed by atoms with Gasteiger partial charge in [-0.25, -0.2) is 0 Å². The minimum absolute atomic E-state index is 0.0680. The van der Waals surface area contributed by atoms with Crippen molar-refractivity contribution in [2.45, 2.75) is 19.8 Å². The topological polar surface area (TPSA) is 52.9 Å². The van der Waals surface area contributed by atoms with Crippen molar-refractivity contribution < 1.29 is 4.79 Å². The van der Waals surface area contributed by atoms with Gasteiger partial charge in [-0.15, -0.1) is 6.42 Å². The van der Waals surface area contributed by atoms with Gasteiger partial charge in [0.2, 0.25) is 5.91 Å². The molecular weight excluding hydrogens is 152 g/mol. The summed E-state index contributed by atoms with van der Waals surface area (Å²) < 4.78 is 0. The Morgan fingerprint density at radius 1 is 1.75 bits per heavy atom. The molecule has 0 aliphatic heterocycles. The summed E-state index contributed by atoms with van der Waals surface area (Å²) in [5.41, 5.74) is 0. The predicted octanol–water partition coefficient (Wildman–Crippen LogP) is 0.676. The van der Waals surface area contributed by atoms with Crippen LogP contribution in [-0.2, 0) is 4.79 Å². The molecule has 1 unspecified atom stereocenters. The van der Waals surface area contributed by atoms with Gasteiger partial charge < -0.3 is 5.32 Å². The summed E-state index contributed by atoms with van der Waals surface area (Å²) in [6.45, 7) is 2.05. The smallest absolute Gasteiger partial charge is 0.220 e. The number of rotatable bonds is 4. The maximum absolute atomic E-state index is 10.9. The van der Waals surface area contributed by atoms with Crippen LogP contribution >= 0.6 is 0 Å². The van der Waals surface area contributed by atoms with E-state index in [1.54, 1.807) is 6.92 Å². The fraction of sp³-hybridized carbons (Fsp3) is 0.556. The number of hydrogen-bond acceptors (Lipinski definition) is 2. The van der Waals surface area contributed by atoms with Crippen LogP contribution in [0.15, 0.2) is 0 Å². The van der Waals surface area contributed by atoms with Crippen LogP contribution in [0.25, 0.3) is 0 Å². The van der Waals surface area contributed by atoms with Crippen LogP contribution in [0.3, 0.4) is 0 Å². The number of amides is 1. The molecule has 3 nitrogen and oxygen atoms in total. The van der Waals surface area contributed by atoms with E-state index in [-0.39, 0.29) is 18.4 Å². The van der Waals surface area contributed by atoms with Crippen molar-refractivity contribution in [3.8, 4) is 18.4 Å². The van der Waals surface area contributed by atoms with E-state index in [0.717, 1.165) is 0 Å². The molecule has 0 aromatic carbocycles. The van der Waals surface area contributed by atoms with Gasteiger partial charge in [0.05, 0.1) is 12.6 Å². The average Bonchev–Trinajstić information content (AvgIpc) is 2.10. The zero-order valence-corrected chi connectivity index (χ0v) is 7.13. The van der Waals surface area contributed by atoms with Gasteiger partial charge in [-0.05, 0) is 13.3 Å². The lowest BCUT2D eigenvalue weighted by Crippen LogP contribution is -2.23. The summed E-state index contributed by atoms with van der Waals surface area (Å²) >= 11 is 0. The molecule has 1 amide bonds. The molecule has 0 radical (unpaired) electrons. The van der Waals surface area contributed by atoms with Crippen LogP contribution in [-0.4, -0.2) is 12.5 Å². The van der Waals surface area contributed by atoms with Crippen LogP contribution in [0.5, 0.6) is 0 Å². The lowest BCUT2D eigenvalue weighted by molar-refractivity contribution is -0.121. The molecule has 1 N–H and O–H groups in total. The molecular formula is C9H12N2O. The summed E-state index contributed by atoms with van der Waals surface area (Å²) in [5.74, 6) is 2.15. The molecule has 3 heteroatoms. The summed E-state index contributed by atoms with van der Waals surface area (Å²) in [4.78, 5) is 10.9. The minimum atomic E-state index is -0.0879. The second kappa shape index (κ2) is 6.24. The molecule has 12 heavy (non-hydrogen) atoms. The molecule has 0 aliphatic carbocycles. The first-order chi connectivity index (χ1) is 5.70. The normalized spacial score (nSPS) is 10.9. The third kappa shape index (κ3) is 5.32. The van der Waals surface area contributed by atoms with Crippen LogP contribution < -0.4 is 5.32 Å². The third-order valence-corrected chi connectivity index (χ3v) is 1.41. The van der Waals surface area contributed by atoms with Crippen molar-refractivity contribution in [1.29, 1.82) is 5.26 Å². The quantitative estimate of drug-likeness (QED) is 0.621. The highest BCUT2D eigenvalue weighted by molar-refractivity contribution is 5.76. The van der Waals surface area contributed by atoms with Gasteiger partial charge in [-0.2, -0.15) is 5.26 Å². The van der Waals surface area contributed by atoms with Gasteiger partial charge in [0.1, 0.15) is 0 Å². The molecule has 0 saturated carbocycles. The number of terminal acetylenes is 1. The van der Waals surface area contributed by atoms with Crippen molar-refractivity contribution >= 4 is 5.91 Å². The van der Waals surface area contributed by atoms with Gasteiger partial charge in [0, 0.05) is 12.3 Å². The molecule has 0 saturated heterocycles. The SMILES string of the molecule is C#CCNC(=O)CCC(C)C#N. The number of nitriles is 1. The maximum Gasteiger partial charge on any atom is 0.220 e. The first-order valence-corrected chi connectivity index (χ1v) is 3.80. The van der Waals surface area contributed by atoms with E-state index < -0.39 is 0 Å². The van der Waals surface area contributed by atoms with E-state index >= 15 is 0 Å².